The lowest BCUT2D eigenvalue weighted by Crippen LogP contribution is -2.44. The van der Waals surface area contributed by atoms with E-state index < -0.39 is 0 Å². The topological polar surface area (TPSA) is 77.7 Å². The lowest BCUT2D eigenvalue weighted by Gasteiger charge is -2.32. The largest absolute Gasteiger partial charge is 0.339 e. The highest BCUT2D eigenvalue weighted by molar-refractivity contribution is 5.85. The predicted octanol–water partition coefficient (Wildman–Crippen LogP) is 0.928. The molecule has 1 aromatic heterocycles. The van der Waals surface area contributed by atoms with E-state index in [4.69, 9.17) is 4.52 Å². The number of halogens is 1. The summed E-state index contributed by atoms with van der Waals surface area (Å²) in [5, 5.41) is 7.56. The summed E-state index contributed by atoms with van der Waals surface area (Å²) >= 11 is 0. The Hall–Kier alpha value is -1.38. The molecule has 2 saturated heterocycles. The van der Waals surface area contributed by atoms with Crippen LogP contribution in [0.5, 0.6) is 0 Å². The third-order valence-corrected chi connectivity index (χ3v) is 4.76. The summed E-state index contributed by atoms with van der Waals surface area (Å²) in [6.07, 6.45) is 1.75. The molecule has 8 nitrogen and oxygen atoms in total. The number of urea groups is 1. The number of amides is 2. The molecule has 0 radical (unpaired) electrons. The Bertz CT molecular complexity index is 544. The van der Waals surface area contributed by atoms with Gasteiger partial charge in [0.1, 0.15) is 0 Å². The lowest BCUT2D eigenvalue weighted by atomic mass is 9.97. The van der Waals surface area contributed by atoms with Crippen LogP contribution in [0.15, 0.2) is 4.52 Å². The number of piperidine rings is 1. The van der Waals surface area contributed by atoms with Crippen LogP contribution in [0, 0.1) is 0 Å². The highest BCUT2D eigenvalue weighted by Gasteiger charge is 2.30. The number of nitrogens with one attached hydrogen (secondary N) is 1. The molecule has 24 heavy (non-hydrogen) atoms. The second kappa shape index (κ2) is 8.13. The fraction of sp³-hybridized carbons (Fsp3) is 0.800. The van der Waals surface area contributed by atoms with Crippen molar-refractivity contribution in [1.29, 1.82) is 0 Å². The van der Waals surface area contributed by atoms with E-state index in [2.05, 4.69) is 27.4 Å². The number of carbonyl (C=O) groups is 1. The average molecular weight is 359 g/mol. The van der Waals surface area contributed by atoms with Crippen molar-refractivity contribution in [3.8, 4) is 0 Å². The maximum atomic E-state index is 12.0. The first-order valence-electron chi connectivity index (χ1n) is 8.27. The molecule has 0 aliphatic carbocycles. The number of hydrogen-bond acceptors (Lipinski definition) is 6. The second-order valence-corrected chi connectivity index (χ2v) is 6.63. The smallest absolute Gasteiger partial charge is 0.319 e. The number of piperazine rings is 1. The SMILES string of the molecule is CN(C)C(=O)N1CCC(c2nc(C3CNCCN3C)no2)CC1.Cl. The van der Waals surface area contributed by atoms with Gasteiger partial charge in [0.25, 0.3) is 0 Å². The van der Waals surface area contributed by atoms with Crippen LogP contribution in [0.3, 0.4) is 0 Å². The van der Waals surface area contributed by atoms with Crippen molar-refractivity contribution in [1.82, 2.24) is 30.2 Å². The summed E-state index contributed by atoms with van der Waals surface area (Å²) in [5.41, 5.74) is 0. The molecule has 9 heteroatoms. The van der Waals surface area contributed by atoms with Gasteiger partial charge in [-0.05, 0) is 19.9 Å². The van der Waals surface area contributed by atoms with Crippen molar-refractivity contribution in [2.75, 3.05) is 53.9 Å². The molecule has 1 unspecified atom stereocenters. The standard InChI is InChI=1S/C15H26N6O2.ClH/c1-19(2)15(22)21-7-4-11(5-8-21)14-17-13(18-23-14)12-10-16-6-9-20(12)3;/h11-12,16H,4-10H2,1-3H3;1H. The van der Waals surface area contributed by atoms with Crippen molar-refractivity contribution in [3.63, 3.8) is 0 Å². The molecule has 2 aliphatic heterocycles. The Kier molecular flexibility index (Phi) is 6.42. The molecule has 2 amide bonds. The minimum atomic E-state index is 0. The van der Waals surface area contributed by atoms with Crippen LogP contribution >= 0.6 is 12.4 Å². The average Bonchev–Trinajstić information content (AvgIpc) is 3.04. The third-order valence-electron chi connectivity index (χ3n) is 4.76. The molecule has 0 aromatic carbocycles. The maximum absolute atomic E-state index is 12.0. The normalized spacial score (nSPS) is 23.0. The Balaban J connectivity index is 0.00000208. The molecule has 2 fully saturated rings. The second-order valence-electron chi connectivity index (χ2n) is 6.63. The minimum Gasteiger partial charge on any atom is -0.339 e. The van der Waals surface area contributed by atoms with Gasteiger partial charge < -0.3 is 19.6 Å². The number of rotatable bonds is 2. The molecule has 0 bridgehead atoms. The summed E-state index contributed by atoms with van der Waals surface area (Å²) in [6, 6.07) is 0.251. The van der Waals surface area contributed by atoms with E-state index in [1.54, 1.807) is 19.0 Å². The van der Waals surface area contributed by atoms with Crippen LogP contribution in [-0.4, -0.2) is 84.7 Å². The van der Waals surface area contributed by atoms with E-state index in [9.17, 15) is 4.79 Å². The van der Waals surface area contributed by atoms with E-state index in [-0.39, 0.29) is 30.4 Å². The van der Waals surface area contributed by atoms with Gasteiger partial charge in [-0.25, -0.2) is 4.79 Å². The summed E-state index contributed by atoms with van der Waals surface area (Å²) in [6.45, 7) is 4.31. The Labute approximate surface area is 148 Å². The first-order valence-corrected chi connectivity index (χ1v) is 8.27. The third kappa shape index (κ3) is 3.99. The highest BCUT2D eigenvalue weighted by Crippen LogP contribution is 2.28. The molecule has 3 rings (SSSR count). The quantitative estimate of drug-likeness (QED) is 0.847. The summed E-state index contributed by atoms with van der Waals surface area (Å²) < 4.78 is 5.52. The molecule has 1 atom stereocenters. The molecular formula is C15H27ClN6O2. The number of hydrogen-bond donors (Lipinski definition) is 1. The Morgan fingerprint density at radius 2 is 2.00 bits per heavy atom. The molecule has 0 spiro atoms. The van der Waals surface area contributed by atoms with Crippen LogP contribution in [0.2, 0.25) is 0 Å². The molecule has 136 valence electrons. The number of likely N-dealkylation sites (tertiary alicyclic amines) is 1. The lowest BCUT2D eigenvalue weighted by molar-refractivity contribution is 0.152. The molecular weight excluding hydrogens is 332 g/mol. The predicted molar refractivity (Wildman–Crippen MR) is 92.4 cm³/mol. The van der Waals surface area contributed by atoms with Crippen molar-refractivity contribution >= 4 is 18.4 Å². The number of likely N-dealkylation sites (N-methyl/N-ethyl adjacent to an activating group) is 1. The Morgan fingerprint density at radius 1 is 1.29 bits per heavy atom. The van der Waals surface area contributed by atoms with E-state index in [1.807, 2.05) is 4.90 Å². The van der Waals surface area contributed by atoms with Crippen molar-refractivity contribution in [2.24, 2.45) is 0 Å². The van der Waals surface area contributed by atoms with Gasteiger partial charge in [-0.1, -0.05) is 5.16 Å². The van der Waals surface area contributed by atoms with Crippen LogP contribution < -0.4 is 5.32 Å². The number of nitrogens with zero attached hydrogens (tertiary/aromatic N) is 5. The van der Waals surface area contributed by atoms with Crippen LogP contribution in [0.25, 0.3) is 0 Å². The van der Waals surface area contributed by atoms with Gasteiger partial charge in [0.15, 0.2) is 5.82 Å². The van der Waals surface area contributed by atoms with Gasteiger partial charge in [-0.15, -0.1) is 12.4 Å². The van der Waals surface area contributed by atoms with Gasteiger partial charge >= 0.3 is 6.03 Å². The van der Waals surface area contributed by atoms with E-state index in [0.717, 1.165) is 57.3 Å². The zero-order valence-corrected chi connectivity index (χ0v) is 15.4. The molecule has 0 saturated carbocycles. The highest BCUT2D eigenvalue weighted by atomic mass is 35.5. The van der Waals surface area contributed by atoms with Gasteiger partial charge in [0, 0.05) is 52.7 Å². The molecule has 1 aromatic rings. The summed E-state index contributed by atoms with van der Waals surface area (Å²) in [4.78, 5) is 22.4. The van der Waals surface area contributed by atoms with E-state index in [1.165, 1.54) is 0 Å². The van der Waals surface area contributed by atoms with Crippen LogP contribution in [-0.2, 0) is 0 Å². The van der Waals surface area contributed by atoms with Gasteiger partial charge in [-0.3, -0.25) is 4.90 Å². The van der Waals surface area contributed by atoms with Crippen molar-refractivity contribution < 1.29 is 9.32 Å². The molecule has 1 N–H and O–H groups in total. The monoisotopic (exact) mass is 358 g/mol. The maximum Gasteiger partial charge on any atom is 0.319 e. The van der Waals surface area contributed by atoms with E-state index >= 15 is 0 Å². The first-order chi connectivity index (χ1) is 11.1. The molecule has 2 aliphatic rings. The van der Waals surface area contributed by atoms with Crippen molar-refractivity contribution in [3.05, 3.63) is 11.7 Å². The minimum absolute atomic E-state index is 0. The number of carbonyl (C=O) groups excluding carboxylic acids is 1. The van der Waals surface area contributed by atoms with Gasteiger partial charge in [-0.2, -0.15) is 4.98 Å². The zero-order valence-electron chi connectivity index (χ0n) is 14.6. The van der Waals surface area contributed by atoms with Gasteiger partial charge in [0.05, 0.1) is 6.04 Å². The van der Waals surface area contributed by atoms with Gasteiger partial charge in [0.2, 0.25) is 5.89 Å². The fourth-order valence-corrected chi connectivity index (χ4v) is 3.24. The van der Waals surface area contributed by atoms with Crippen LogP contribution in [0.1, 0.15) is 36.5 Å². The fourth-order valence-electron chi connectivity index (χ4n) is 3.24. The summed E-state index contributed by atoms with van der Waals surface area (Å²) in [7, 11) is 5.66. The van der Waals surface area contributed by atoms with Crippen molar-refractivity contribution in [2.45, 2.75) is 24.8 Å². The zero-order chi connectivity index (χ0) is 16.4. The van der Waals surface area contributed by atoms with E-state index in [0.29, 0.717) is 0 Å². The summed E-state index contributed by atoms with van der Waals surface area (Å²) in [5.74, 6) is 1.74. The first kappa shape index (κ1) is 19.0. The van der Waals surface area contributed by atoms with Crippen LogP contribution in [0.4, 0.5) is 4.79 Å². The number of aromatic nitrogens is 2. The Morgan fingerprint density at radius 3 is 2.62 bits per heavy atom. The molecule has 3 heterocycles.